The third-order valence-corrected chi connectivity index (χ3v) is 5.05. The van der Waals surface area contributed by atoms with Crippen LogP contribution in [0.2, 0.25) is 0 Å². The Labute approximate surface area is 148 Å². The maximum atomic E-state index is 13.0. The Balaban J connectivity index is 1.52. The van der Waals surface area contributed by atoms with Crippen LogP contribution in [0.5, 0.6) is 0 Å². The van der Waals surface area contributed by atoms with Crippen molar-refractivity contribution in [3.8, 4) is 0 Å². The van der Waals surface area contributed by atoms with E-state index < -0.39 is 0 Å². The fourth-order valence-corrected chi connectivity index (χ4v) is 3.66. The molecule has 0 N–H and O–H groups in total. The Hall–Kier alpha value is -2.27. The third kappa shape index (κ3) is 3.42. The molecule has 1 aliphatic heterocycles. The molecule has 0 saturated carbocycles. The molecule has 5 nitrogen and oxygen atoms in total. The van der Waals surface area contributed by atoms with Crippen molar-refractivity contribution in [3.63, 3.8) is 0 Å². The topological polar surface area (TPSA) is 55.3 Å². The summed E-state index contributed by atoms with van der Waals surface area (Å²) in [6, 6.07) is 8.05. The molecule has 25 heavy (non-hydrogen) atoms. The number of nitrogens with zero attached hydrogens (tertiary/aromatic N) is 3. The molecule has 1 aromatic carbocycles. The van der Waals surface area contributed by atoms with Gasteiger partial charge in [0, 0.05) is 24.0 Å². The van der Waals surface area contributed by atoms with Gasteiger partial charge in [0.25, 0.3) is 5.91 Å². The van der Waals surface area contributed by atoms with E-state index >= 15 is 0 Å². The molecule has 5 heteroatoms. The van der Waals surface area contributed by atoms with E-state index in [1.807, 2.05) is 24.0 Å². The molecular weight excluding hydrogens is 314 g/mol. The number of rotatable bonds is 2. The molecular formula is C20H23N3O2. The number of hydrogen-bond acceptors (Lipinski definition) is 4. The van der Waals surface area contributed by atoms with Crippen LogP contribution in [-0.4, -0.2) is 40.5 Å². The first-order valence-corrected chi connectivity index (χ1v) is 9.03. The highest BCUT2D eigenvalue weighted by Gasteiger charge is 2.28. The average molecular weight is 337 g/mol. The summed E-state index contributed by atoms with van der Waals surface area (Å²) in [6.07, 6.45) is 6.17. The van der Waals surface area contributed by atoms with Crippen molar-refractivity contribution >= 4 is 5.91 Å². The van der Waals surface area contributed by atoms with Crippen molar-refractivity contribution in [2.45, 2.75) is 38.7 Å². The fraction of sp³-hybridized carbons (Fsp3) is 0.450. The zero-order valence-electron chi connectivity index (χ0n) is 14.6. The first-order chi connectivity index (χ1) is 12.2. The van der Waals surface area contributed by atoms with E-state index in [1.165, 1.54) is 24.0 Å². The van der Waals surface area contributed by atoms with Crippen LogP contribution < -0.4 is 0 Å². The van der Waals surface area contributed by atoms with Gasteiger partial charge in [0.05, 0.1) is 13.2 Å². The standard InChI is InChI=1S/C20H23N3O2/c1-14-8-9-21-19(22-14)18-13-23(10-11-25-18)20(24)17-7-6-15-4-2-3-5-16(15)12-17/h6-9,12,18H,2-5,10-11,13H2,1H3. The molecule has 2 aliphatic rings. The van der Waals surface area contributed by atoms with Gasteiger partial charge in [-0.1, -0.05) is 6.07 Å². The van der Waals surface area contributed by atoms with Gasteiger partial charge in [-0.25, -0.2) is 9.97 Å². The molecule has 0 spiro atoms. The third-order valence-electron chi connectivity index (χ3n) is 5.05. The van der Waals surface area contributed by atoms with Gasteiger partial charge in [-0.05, 0) is 61.9 Å². The average Bonchev–Trinajstić information content (AvgIpc) is 2.67. The first-order valence-electron chi connectivity index (χ1n) is 9.03. The van der Waals surface area contributed by atoms with Crippen LogP contribution in [-0.2, 0) is 17.6 Å². The minimum Gasteiger partial charge on any atom is -0.367 e. The highest BCUT2D eigenvalue weighted by Crippen LogP contribution is 2.25. The van der Waals surface area contributed by atoms with Crippen LogP contribution in [0.15, 0.2) is 30.5 Å². The van der Waals surface area contributed by atoms with Gasteiger partial charge >= 0.3 is 0 Å². The molecule has 1 fully saturated rings. The van der Waals surface area contributed by atoms with Crippen molar-refractivity contribution in [3.05, 3.63) is 58.7 Å². The van der Waals surface area contributed by atoms with Gasteiger partial charge in [0.2, 0.25) is 0 Å². The summed E-state index contributed by atoms with van der Waals surface area (Å²) in [5.41, 5.74) is 4.43. The Kier molecular flexibility index (Phi) is 4.49. The van der Waals surface area contributed by atoms with Gasteiger partial charge in [0.15, 0.2) is 5.82 Å². The number of aryl methyl sites for hydroxylation is 3. The molecule has 1 atom stereocenters. The lowest BCUT2D eigenvalue weighted by Gasteiger charge is -2.32. The monoisotopic (exact) mass is 337 g/mol. The van der Waals surface area contributed by atoms with Crippen molar-refractivity contribution in [1.82, 2.24) is 14.9 Å². The summed E-state index contributed by atoms with van der Waals surface area (Å²) in [5, 5.41) is 0. The van der Waals surface area contributed by atoms with Crippen molar-refractivity contribution in [1.29, 1.82) is 0 Å². The van der Waals surface area contributed by atoms with Crippen LogP contribution in [0, 0.1) is 6.92 Å². The predicted octanol–water partition coefficient (Wildman–Crippen LogP) is 2.88. The molecule has 2 aromatic rings. The zero-order valence-corrected chi connectivity index (χ0v) is 14.6. The van der Waals surface area contributed by atoms with Gasteiger partial charge in [-0.15, -0.1) is 0 Å². The van der Waals surface area contributed by atoms with Crippen LogP contribution in [0.1, 0.15) is 51.9 Å². The normalized spacial score (nSPS) is 20.2. The lowest BCUT2D eigenvalue weighted by atomic mass is 9.90. The number of carbonyl (C=O) groups excluding carboxylic acids is 1. The lowest BCUT2D eigenvalue weighted by Crippen LogP contribution is -2.42. The highest BCUT2D eigenvalue weighted by atomic mass is 16.5. The summed E-state index contributed by atoms with van der Waals surface area (Å²) in [4.78, 5) is 23.6. The summed E-state index contributed by atoms with van der Waals surface area (Å²) >= 11 is 0. The molecule has 4 rings (SSSR count). The fourth-order valence-electron chi connectivity index (χ4n) is 3.66. The molecule has 130 valence electrons. The second kappa shape index (κ2) is 6.92. The van der Waals surface area contributed by atoms with E-state index in [1.54, 1.807) is 6.20 Å². The number of carbonyl (C=O) groups is 1. The van der Waals surface area contributed by atoms with Crippen molar-refractivity contribution < 1.29 is 9.53 Å². The maximum Gasteiger partial charge on any atom is 0.254 e. The molecule has 1 amide bonds. The number of aromatic nitrogens is 2. The van der Waals surface area contributed by atoms with E-state index in [-0.39, 0.29) is 12.0 Å². The summed E-state index contributed by atoms with van der Waals surface area (Å²) in [6.45, 7) is 3.56. The number of amides is 1. The lowest BCUT2D eigenvalue weighted by molar-refractivity contribution is -0.0268. The van der Waals surface area contributed by atoms with Gasteiger partial charge < -0.3 is 9.64 Å². The zero-order chi connectivity index (χ0) is 17.2. The molecule has 0 radical (unpaired) electrons. The molecule has 1 aliphatic carbocycles. The second-order valence-corrected chi connectivity index (χ2v) is 6.86. The quantitative estimate of drug-likeness (QED) is 0.845. The largest absolute Gasteiger partial charge is 0.367 e. The van der Waals surface area contributed by atoms with Crippen molar-refractivity contribution in [2.75, 3.05) is 19.7 Å². The first kappa shape index (κ1) is 16.2. The van der Waals surface area contributed by atoms with E-state index in [0.717, 1.165) is 24.1 Å². The molecule has 1 aromatic heterocycles. The Morgan fingerprint density at radius 1 is 1.20 bits per heavy atom. The molecule has 2 heterocycles. The minimum absolute atomic E-state index is 0.0781. The van der Waals surface area contributed by atoms with Gasteiger partial charge in [0.1, 0.15) is 6.10 Å². The predicted molar refractivity (Wildman–Crippen MR) is 94.4 cm³/mol. The van der Waals surface area contributed by atoms with Crippen LogP contribution in [0.25, 0.3) is 0 Å². The second-order valence-electron chi connectivity index (χ2n) is 6.86. The molecule has 0 bridgehead atoms. The number of benzene rings is 1. The number of fused-ring (bicyclic) bond motifs is 1. The van der Waals surface area contributed by atoms with Crippen molar-refractivity contribution in [2.24, 2.45) is 0 Å². The van der Waals surface area contributed by atoms with Crippen LogP contribution in [0.4, 0.5) is 0 Å². The number of hydrogen-bond donors (Lipinski definition) is 0. The highest BCUT2D eigenvalue weighted by molar-refractivity contribution is 5.94. The minimum atomic E-state index is -0.254. The van der Waals surface area contributed by atoms with E-state index in [9.17, 15) is 4.79 Å². The molecule has 1 unspecified atom stereocenters. The van der Waals surface area contributed by atoms with E-state index in [2.05, 4.69) is 22.1 Å². The van der Waals surface area contributed by atoms with E-state index in [0.29, 0.717) is 25.5 Å². The van der Waals surface area contributed by atoms with Gasteiger partial charge in [-0.2, -0.15) is 0 Å². The van der Waals surface area contributed by atoms with Crippen LogP contribution >= 0.6 is 0 Å². The van der Waals surface area contributed by atoms with E-state index in [4.69, 9.17) is 4.74 Å². The Morgan fingerprint density at radius 2 is 2.04 bits per heavy atom. The SMILES string of the molecule is Cc1ccnc(C2CN(C(=O)c3ccc4c(c3)CCCC4)CCO2)n1. The smallest absolute Gasteiger partial charge is 0.254 e. The molecule has 1 saturated heterocycles. The summed E-state index contributed by atoms with van der Waals surface area (Å²) in [7, 11) is 0. The summed E-state index contributed by atoms with van der Waals surface area (Å²) in [5.74, 6) is 0.734. The van der Waals surface area contributed by atoms with Gasteiger partial charge in [-0.3, -0.25) is 4.79 Å². The van der Waals surface area contributed by atoms with Crippen LogP contribution in [0.3, 0.4) is 0 Å². The Bertz CT molecular complexity index is 790. The Morgan fingerprint density at radius 3 is 2.88 bits per heavy atom. The number of morpholine rings is 1. The summed E-state index contributed by atoms with van der Waals surface area (Å²) < 4.78 is 5.81. The maximum absolute atomic E-state index is 13.0. The number of ether oxygens (including phenoxy) is 1.